The zero-order valence-corrected chi connectivity index (χ0v) is 91.5. The van der Waals surface area contributed by atoms with Crippen LogP contribution in [0.3, 0.4) is 0 Å². The minimum Gasteiger partial charge on any atom is -0.493 e. The van der Waals surface area contributed by atoms with E-state index < -0.39 is 36.6 Å². The van der Waals surface area contributed by atoms with E-state index in [0.29, 0.717) is 134 Å². The number of aliphatic hydroxyl groups excluding tert-OH is 1. The smallest absolute Gasteiger partial charge is 0.438 e. The number of halogens is 6. The second kappa shape index (κ2) is 57.8. The van der Waals surface area contributed by atoms with E-state index in [2.05, 4.69) is 124 Å². The molecule has 0 heterocycles. The molecular formula is C106H114Br6N6O26. The molecule has 1 fully saturated rings. The van der Waals surface area contributed by atoms with Crippen LogP contribution in [-0.2, 0) is 81.1 Å². The molecular weight excluding hydrogens is 2250 g/mol. The number of hydrogen-bond acceptors (Lipinski definition) is 26. The van der Waals surface area contributed by atoms with Gasteiger partial charge in [-0.2, -0.15) is 30.4 Å². The van der Waals surface area contributed by atoms with Crippen molar-refractivity contribution in [3.8, 4) is 40.2 Å². The molecule has 766 valence electrons. The zero-order chi connectivity index (χ0) is 106. The lowest BCUT2D eigenvalue weighted by atomic mass is 10.0. The maximum atomic E-state index is 11.7. The van der Waals surface area contributed by atoms with E-state index in [1.165, 1.54) is 42.7 Å². The minimum atomic E-state index is -0.928. The first-order chi connectivity index (χ1) is 68.8. The maximum absolute atomic E-state index is 11.7. The van der Waals surface area contributed by atoms with Crippen molar-refractivity contribution in [2.24, 2.45) is 0 Å². The highest BCUT2D eigenvalue weighted by Gasteiger charge is 2.32. The molecule has 0 aromatic heterocycles. The van der Waals surface area contributed by atoms with Crippen LogP contribution in [0.25, 0.3) is 0 Å². The van der Waals surface area contributed by atoms with Crippen molar-refractivity contribution in [1.29, 1.82) is 0 Å². The average molecular weight is 2370 g/mol. The number of amides is 6. The first-order valence-electron chi connectivity index (χ1n) is 44.4. The van der Waals surface area contributed by atoms with Gasteiger partial charge in [0.25, 0.3) is 0 Å². The standard InChI is InChI=1S/C19H20BrNO4.C18H20BrNO5.C18H20BrNO4.C17H18BrNO5.2C17H18BrNO4/c1-12-6-9-18(16(20)10-12)25-11-15-14(13-7-8-13)4-3-5-17(15)21(23)19(22)24-2;1-4-24-16-7-5-6-15(20(22)18(21)23-3)13(16)11-25-17-9-8-12(2)10-14(17)19;1-4-13-6-5-7-16(20(22)18(21)23-3)14(13)11-24-17-9-8-12(2)10-15(17)19;1-11-6-7-16(14(18)8-11)24-10-13-12(9-20)4-3-5-15(13)19(22)17(21)23-2;2*1-11-7-8-16(14(18)9-11)23-10-13-12(2)5-4-6-15(13)19(21)17(20)22-3/h3-6,9-10,13,23H,7-8,11H2,1-2H3;5-10,22H,4,11H2,1-3H3;5-10,22H,4,11H2,1-3H3;3-8,20,22H,9-10H2,1-2H3;2*4-9,21H,10H2,1-3H3. The minimum absolute atomic E-state index is 0.0573. The number of nitrogens with zero attached hydrogens (tertiary/aromatic N) is 6. The third-order valence-electron chi connectivity index (χ3n) is 21.6. The summed E-state index contributed by atoms with van der Waals surface area (Å²) in [7, 11) is 7.23. The predicted molar refractivity (Wildman–Crippen MR) is 566 cm³/mol. The molecule has 0 radical (unpaired) electrons. The summed E-state index contributed by atoms with van der Waals surface area (Å²) in [4.78, 5) is 69.7. The van der Waals surface area contributed by atoms with Crippen molar-refractivity contribution in [3.05, 3.63) is 340 Å². The Morgan fingerprint density at radius 1 is 0.278 bits per heavy atom. The van der Waals surface area contributed by atoms with Crippen molar-refractivity contribution in [2.45, 2.75) is 141 Å². The molecule has 32 nitrogen and oxygen atoms in total. The lowest BCUT2D eigenvalue weighted by molar-refractivity contribution is 0.140. The molecule has 1 aliphatic rings. The van der Waals surface area contributed by atoms with Gasteiger partial charge < -0.3 is 66.7 Å². The first kappa shape index (κ1) is 117. The summed E-state index contributed by atoms with van der Waals surface area (Å²) in [6, 6.07) is 65.9. The van der Waals surface area contributed by atoms with Gasteiger partial charge in [0.1, 0.15) is 79.9 Å². The van der Waals surface area contributed by atoms with E-state index in [9.17, 15) is 65.1 Å². The van der Waals surface area contributed by atoms with Crippen LogP contribution in [0, 0.1) is 55.4 Å². The summed E-state index contributed by atoms with van der Waals surface area (Å²) in [5.41, 5.74) is 16.9. The van der Waals surface area contributed by atoms with Gasteiger partial charge in [0.05, 0.1) is 122 Å². The van der Waals surface area contributed by atoms with E-state index in [4.69, 9.17) is 33.2 Å². The van der Waals surface area contributed by atoms with Gasteiger partial charge in [-0.05, 0) is 360 Å². The van der Waals surface area contributed by atoms with Gasteiger partial charge in [-0.15, -0.1) is 0 Å². The van der Waals surface area contributed by atoms with Gasteiger partial charge in [0.2, 0.25) is 0 Å². The van der Waals surface area contributed by atoms with Crippen LogP contribution in [0.5, 0.6) is 40.2 Å². The lowest BCUT2D eigenvalue weighted by Gasteiger charge is -2.20. The molecule has 0 unspecified atom stereocenters. The van der Waals surface area contributed by atoms with Crippen molar-refractivity contribution in [3.63, 3.8) is 0 Å². The first-order valence-corrected chi connectivity index (χ1v) is 49.2. The Morgan fingerprint density at radius 3 is 0.771 bits per heavy atom. The number of methoxy groups -OCH3 is 6. The van der Waals surface area contributed by atoms with Crippen molar-refractivity contribution in [2.75, 3.05) is 79.6 Å². The number of hydroxylamine groups is 6. The van der Waals surface area contributed by atoms with Gasteiger partial charge in [-0.25, -0.2) is 28.8 Å². The highest BCUT2D eigenvalue weighted by molar-refractivity contribution is 9.11. The Bertz CT molecular complexity index is 6150. The second-order valence-electron chi connectivity index (χ2n) is 31.8. The molecule has 1 aliphatic carbocycles. The summed E-state index contributed by atoms with van der Waals surface area (Å²) in [5.74, 6) is 5.01. The number of benzene rings is 12. The molecule has 0 bridgehead atoms. The van der Waals surface area contributed by atoms with E-state index >= 15 is 0 Å². The van der Waals surface area contributed by atoms with Crippen molar-refractivity contribution < 1.29 is 127 Å². The molecule has 0 aliphatic heterocycles. The topological polar surface area (TPSA) is 383 Å². The van der Waals surface area contributed by atoms with Crippen molar-refractivity contribution in [1.82, 2.24) is 0 Å². The molecule has 0 atom stereocenters. The average Bonchev–Trinajstić information content (AvgIpc) is 1.70. The molecule has 144 heavy (non-hydrogen) atoms. The fourth-order valence-electron chi connectivity index (χ4n) is 13.9. The third kappa shape index (κ3) is 33.3. The summed E-state index contributed by atoms with van der Waals surface area (Å²) in [6.45, 7) is 20.8. The normalized spacial score (nSPS) is 10.9. The fraction of sp³-hybridized carbons (Fsp3) is 0.264. The van der Waals surface area contributed by atoms with Crippen LogP contribution in [0.2, 0.25) is 0 Å². The Morgan fingerprint density at radius 2 is 0.507 bits per heavy atom. The number of rotatable bonds is 29. The molecule has 7 N–H and O–H groups in total. The molecule has 12 aromatic rings. The Kier molecular flexibility index (Phi) is 46.9. The van der Waals surface area contributed by atoms with Crippen LogP contribution in [0.4, 0.5) is 62.9 Å². The second-order valence-corrected chi connectivity index (χ2v) is 36.9. The number of anilines is 6. The summed E-state index contributed by atoms with van der Waals surface area (Å²) >= 11 is 20.8. The molecule has 0 saturated heterocycles. The molecule has 12 aromatic carbocycles. The largest absolute Gasteiger partial charge is 0.493 e. The van der Waals surface area contributed by atoms with E-state index in [1.807, 2.05) is 209 Å². The summed E-state index contributed by atoms with van der Waals surface area (Å²) in [5, 5.41) is 72.6. The van der Waals surface area contributed by atoms with Crippen molar-refractivity contribution >= 4 is 166 Å². The van der Waals surface area contributed by atoms with Crippen LogP contribution in [0.1, 0.15) is 127 Å². The SMILES string of the molecule is CCOc1cccc(N(O)C(=O)OC)c1COc1ccc(C)cc1Br.CCc1cccc(N(O)C(=O)OC)c1COc1ccc(C)cc1Br.COC(=O)N(O)c1cccc(C)c1COc1ccc(C)cc1Br.COC(=O)N(O)c1cccc(C)c1COc1ccc(C)cc1Br.COC(=O)N(O)c1cccc(C2CC2)c1COc1ccc(C)cc1Br.COC(=O)N(O)c1cccc(CO)c1COc1ccc(C)cc1Br. The van der Waals surface area contributed by atoms with Gasteiger partial charge >= 0.3 is 36.6 Å². The molecule has 0 spiro atoms. The van der Waals surface area contributed by atoms with E-state index in [0.717, 1.165) is 113 Å². The summed E-state index contributed by atoms with van der Waals surface area (Å²) < 4.78 is 73.1. The highest BCUT2D eigenvalue weighted by atomic mass is 79.9. The number of hydrogen-bond donors (Lipinski definition) is 7. The van der Waals surface area contributed by atoms with E-state index in [-0.39, 0.29) is 57.6 Å². The Hall–Kier alpha value is -12.5. The maximum Gasteiger partial charge on any atom is 0.438 e. The number of carbonyl (C=O) groups excluding carboxylic acids is 6. The number of ether oxygens (including phenoxy) is 13. The number of aliphatic hydroxyl groups is 1. The molecule has 6 amide bonds. The van der Waals surface area contributed by atoms with Gasteiger partial charge in [0, 0.05) is 27.8 Å². The zero-order valence-electron chi connectivity index (χ0n) is 82.0. The van der Waals surface area contributed by atoms with Crippen LogP contribution in [0.15, 0.2) is 245 Å². The predicted octanol–water partition coefficient (Wildman–Crippen LogP) is 27.7. The van der Waals surface area contributed by atoms with Crippen LogP contribution in [-0.4, -0.2) is 122 Å². The van der Waals surface area contributed by atoms with Gasteiger partial charge in [-0.1, -0.05) is 110 Å². The highest BCUT2D eigenvalue weighted by Crippen LogP contribution is 2.45. The molecule has 38 heteroatoms. The van der Waals surface area contributed by atoms with E-state index in [1.54, 1.807) is 78.9 Å². The molecule has 13 rings (SSSR count). The third-order valence-corrected chi connectivity index (χ3v) is 25.4. The van der Waals surface area contributed by atoms with Crippen LogP contribution < -0.4 is 63.5 Å². The Labute approximate surface area is 886 Å². The monoisotopic (exact) mass is 2360 g/mol. The van der Waals surface area contributed by atoms with Crippen LogP contribution >= 0.6 is 95.6 Å². The quantitative estimate of drug-likeness (QED) is 0.0130. The Balaban J connectivity index is 0.000000211. The van der Waals surface area contributed by atoms with Gasteiger partial charge in [0.15, 0.2) is 0 Å². The van der Waals surface area contributed by atoms with Gasteiger partial charge in [-0.3, -0.25) is 31.2 Å². The molecule has 1 saturated carbocycles. The summed E-state index contributed by atoms with van der Waals surface area (Å²) in [6.07, 6.45) is -2.25. The number of aryl methyl sites for hydroxylation is 9. The fourth-order valence-corrected chi connectivity index (χ4v) is 17.5. The lowest BCUT2D eigenvalue weighted by Crippen LogP contribution is -2.28. The number of carbonyl (C=O) groups is 6.